The Kier molecular flexibility index (Phi) is 8.33. The molecule has 0 heterocycles. The van der Waals surface area contributed by atoms with E-state index in [1.807, 2.05) is 31.2 Å². The van der Waals surface area contributed by atoms with E-state index in [9.17, 15) is 14.0 Å². The first-order valence-corrected chi connectivity index (χ1v) is 10.4. The number of hydrogen-bond donors (Lipinski definition) is 1. The maximum absolute atomic E-state index is 13.9. The van der Waals surface area contributed by atoms with Crippen LogP contribution < -0.4 is 5.32 Å². The van der Waals surface area contributed by atoms with Crippen molar-refractivity contribution in [2.45, 2.75) is 32.2 Å². The summed E-state index contributed by atoms with van der Waals surface area (Å²) >= 11 is 7.32. The van der Waals surface area contributed by atoms with Crippen LogP contribution in [0.25, 0.3) is 0 Å². The van der Waals surface area contributed by atoms with Gasteiger partial charge in [-0.3, -0.25) is 9.59 Å². The molecule has 0 bridgehead atoms. The molecule has 0 aromatic heterocycles. The van der Waals surface area contributed by atoms with Gasteiger partial charge in [0.05, 0.1) is 5.75 Å². The van der Waals surface area contributed by atoms with Gasteiger partial charge in [0.25, 0.3) is 0 Å². The molecule has 0 saturated carbocycles. The van der Waals surface area contributed by atoms with Crippen LogP contribution >= 0.6 is 23.4 Å². The molecule has 2 aromatic rings. The summed E-state index contributed by atoms with van der Waals surface area (Å²) in [7, 11) is 1.55. The number of carbonyl (C=O) groups is 2. The van der Waals surface area contributed by atoms with Gasteiger partial charge in [-0.25, -0.2) is 4.39 Å². The van der Waals surface area contributed by atoms with Gasteiger partial charge >= 0.3 is 0 Å². The Morgan fingerprint density at radius 2 is 1.93 bits per heavy atom. The lowest BCUT2D eigenvalue weighted by Crippen LogP contribution is -2.47. The number of thioether (sulfide) groups is 1. The summed E-state index contributed by atoms with van der Waals surface area (Å²) in [4.78, 5) is 26.6. The van der Waals surface area contributed by atoms with Crippen molar-refractivity contribution in [1.29, 1.82) is 0 Å². The molecule has 1 atom stereocenters. The third-order valence-corrected chi connectivity index (χ3v) is 5.85. The Hall–Kier alpha value is -2.05. The number of nitrogens with one attached hydrogen (secondary N) is 1. The SMILES string of the molecule is CNC(=O)C(C)N(Cc1ccccc1C)C(=O)CSCc1c(F)cccc1Cl. The monoisotopic (exact) mass is 422 g/mol. The minimum Gasteiger partial charge on any atom is -0.357 e. The summed E-state index contributed by atoms with van der Waals surface area (Å²) in [6.45, 7) is 4.01. The third-order valence-electron chi connectivity index (χ3n) is 4.55. The summed E-state index contributed by atoms with van der Waals surface area (Å²) in [6.07, 6.45) is 0. The molecule has 28 heavy (non-hydrogen) atoms. The third kappa shape index (κ3) is 5.72. The molecule has 0 saturated heterocycles. The summed E-state index contributed by atoms with van der Waals surface area (Å²) in [5.41, 5.74) is 2.41. The van der Waals surface area contributed by atoms with Gasteiger partial charge in [0.15, 0.2) is 0 Å². The highest BCUT2D eigenvalue weighted by Gasteiger charge is 2.25. The topological polar surface area (TPSA) is 49.4 Å². The molecule has 0 aliphatic carbocycles. The van der Waals surface area contributed by atoms with Crippen molar-refractivity contribution in [3.05, 3.63) is 70.0 Å². The molecular weight excluding hydrogens is 399 g/mol. The zero-order valence-electron chi connectivity index (χ0n) is 16.2. The van der Waals surface area contributed by atoms with Gasteiger partial charge in [0.2, 0.25) is 11.8 Å². The molecular formula is C21H24ClFN2O2S. The van der Waals surface area contributed by atoms with Crippen LogP contribution in [-0.2, 0) is 21.9 Å². The second-order valence-corrected chi connectivity index (χ2v) is 7.82. The molecule has 0 radical (unpaired) electrons. The van der Waals surface area contributed by atoms with Crippen LogP contribution in [0.5, 0.6) is 0 Å². The summed E-state index contributed by atoms with van der Waals surface area (Å²) in [5, 5.41) is 2.93. The minimum atomic E-state index is -0.616. The largest absolute Gasteiger partial charge is 0.357 e. The lowest BCUT2D eigenvalue weighted by atomic mass is 10.1. The second kappa shape index (κ2) is 10.5. The number of carbonyl (C=O) groups excluding carboxylic acids is 2. The molecule has 2 rings (SSSR count). The number of likely N-dealkylation sites (N-methyl/N-ethyl adjacent to an activating group) is 1. The maximum Gasteiger partial charge on any atom is 0.242 e. The standard InChI is InChI=1S/C21H24ClFN2O2S/c1-14-7-4-5-8-16(14)11-25(15(2)21(27)24-3)20(26)13-28-12-17-18(22)9-6-10-19(17)23/h4-10,15H,11-13H2,1-3H3,(H,24,27). The maximum atomic E-state index is 13.9. The molecule has 0 aliphatic heterocycles. The average Bonchev–Trinajstić information content (AvgIpc) is 2.68. The predicted molar refractivity (Wildman–Crippen MR) is 113 cm³/mol. The Morgan fingerprint density at radius 1 is 1.21 bits per heavy atom. The highest BCUT2D eigenvalue weighted by atomic mass is 35.5. The molecule has 0 aliphatic rings. The molecule has 7 heteroatoms. The number of nitrogens with zero attached hydrogens (tertiary/aromatic N) is 1. The van der Waals surface area contributed by atoms with Gasteiger partial charge in [0.1, 0.15) is 11.9 Å². The van der Waals surface area contributed by atoms with Crippen molar-refractivity contribution in [3.63, 3.8) is 0 Å². The fourth-order valence-electron chi connectivity index (χ4n) is 2.76. The first-order chi connectivity index (χ1) is 13.3. The minimum absolute atomic E-state index is 0.123. The van der Waals surface area contributed by atoms with E-state index in [1.165, 1.54) is 17.8 Å². The van der Waals surface area contributed by atoms with Crippen LogP contribution in [0, 0.1) is 12.7 Å². The van der Waals surface area contributed by atoms with Crippen molar-refractivity contribution in [3.8, 4) is 0 Å². The van der Waals surface area contributed by atoms with Gasteiger partial charge in [-0.15, -0.1) is 11.8 Å². The molecule has 2 amide bonds. The predicted octanol–water partition coefficient (Wildman–Crippen LogP) is 4.18. The lowest BCUT2D eigenvalue weighted by Gasteiger charge is -2.29. The van der Waals surface area contributed by atoms with Gasteiger partial charge in [0, 0.05) is 29.9 Å². The van der Waals surface area contributed by atoms with Crippen LogP contribution in [0.1, 0.15) is 23.6 Å². The van der Waals surface area contributed by atoms with Crippen molar-refractivity contribution >= 4 is 35.2 Å². The summed E-state index contributed by atoms with van der Waals surface area (Å²) in [5.74, 6) is -0.398. The number of rotatable bonds is 8. The molecule has 150 valence electrons. The zero-order valence-corrected chi connectivity index (χ0v) is 17.7. The van der Waals surface area contributed by atoms with E-state index in [2.05, 4.69) is 5.32 Å². The smallest absolute Gasteiger partial charge is 0.242 e. The first kappa shape index (κ1) is 22.2. The van der Waals surface area contributed by atoms with E-state index in [0.29, 0.717) is 17.1 Å². The Balaban J connectivity index is 2.10. The van der Waals surface area contributed by atoms with E-state index >= 15 is 0 Å². The van der Waals surface area contributed by atoms with Gasteiger partial charge in [-0.2, -0.15) is 0 Å². The van der Waals surface area contributed by atoms with E-state index in [-0.39, 0.29) is 29.1 Å². The number of hydrogen-bond acceptors (Lipinski definition) is 3. The Labute approximate surface area is 174 Å². The molecule has 4 nitrogen and oxygen atoms in total. The summed E-state index contributed by atoms with van der Waals surface area (Å²) < 4.78 is 13.9. The fraction of sp³-hybridized carbons (Fsp3) is 0.333. The molecule has 0 fully saturated rings. The van der Waals surface area contributed by atoms with Crippen molar-refractivity contribution in [2.24, 2.45) is 0 Å². The van der Waals surface area contributed by atoms with Crippen molar-refractivity contribution in [1.82, 2.24) is 10.2 Å². The summed E-state index contributed by atoms with van der Waals surface area (Å²) in [6, 6.07) is 11.7. The van der Waals surface area contributed by atoms with E-state index < -0.39 is 6.04 Å². The van der Waals surface area contributed by atoms with Gasteiger partial charge in [-0.1, -0.05) is 41.9 Å². The lowest BCUT2D eigenvalue weighted by molar-refractivity contribution is -0.138. The quantitative estimate of drug-likeness (QED) is 0.694. The fourth-order valence-corrected chi connectivity index (χ4v) is 4.01. The van der Waals surface area contributed by atoms with E-state index in [4.69, 9.17) is 11.6 Å². The number of amides is 2. The first-order valence-electron chi connectivity index (χ1n) is 8.91. The Morgan fingerprint density at radius 3 is 2.57 bits per heavy atom. The highest BCUT2D eigenvalue weighted by Crippen LogP contribution is 2.24. The number of halogens is 2. The van der Waals surface area contributed by atoms with Crippen LogP contribution in [0.3, 0.4) is 0 Å². The zero-order chi connectivity index (χ0) is 20.7. The van der Waals surface area contributed by atoms with E-state index in [0.717, 1.165) is 11.1 Å². The van der Waals surface area contributed by atoms with Crippen LogP contribution in [0.15, 0.2) is 42.5 Å². The normalized spacial score (nSPS) is 11.8. The molecule has 1 N–H and O–H groups in total. The van der Waals surface area contributed by atoms with Crippen LogP contribution in [0.2, 0.25) is 5.02 Å². The highest BCUT2D eigenvalue weighted by molar-refractivity contribution is 7.99. The van der Waals surface area contributed by atoms with Crippen LogP contribution in [0.4, 0.5) is 4.39 Å². The Bertz CT molecular complexity index is 827. The molecule has 1 unspecified atom stereocenters. The molecule has 2 aromatic carbocycles. The molecule has 0 spiro atoms. The number of benzene rings is 2. The second-order valence-electron chi connectivity index (χ2n) is 6.43. The average molecular weight is 423 g/mol. The van der Waals surface area contributed by atoms with Gasteiger partial charge in [-0.05, 0) is 37.1 Å². The van der Waals surface area contributed by atoms with Crippen LogP contribution in [-0.4, -0.2) is 35.6 Å². The van der Waals surface area contributed by atoms with Crippen molar-refractivity contribution in [2.75, 3.05) is 12.8 Å². The van der Waals surface area contributed by atoms with Crippen molar-refractivity contribution < 1.29 is 14.0 Å². The number of aryl methyl sites for hydroxylation is 1. The van der Waals surface area contributed by atoms with E-state index in [1.54, 1.807) is 31.0 Å². The van der Waals surface area contributed by atoms with Gasteiger partial charge < -0.3 is 10.2 Å².